The van der Waals surface area contributed by atoms with Crippen LogP contribution in [0.4, 0.5) is 0 Å². The summed E-state index contributed by atoms with van der Waals surface area (Å²) in [7, 11) is 1.64. The average molecular weight is 346 g/mol. The number of ether oxygens (including phenoxy) is 2. The molecular formula is C21H18N2O3. The Morgan fingerprint density at radius 3 is 2.42 bits per heavy atom. The lowest BCUT2D eigenvalue weighted by atomic mass is 10.0. The van der Waals surface area contributed by atoms with E-state index in [1.165, 1.54) is 0 Å². The number of aromatic nitrogens is 2. The molecule has 0 amide bonds. The molecule has 5 heteroatoms. The summed E-state index contributed by atoms with van der Waals surface area (Å²) in [5, 5.41) is 0. The molecule has 130 valence electrons. The van der Waals surface area contributed by atoms with Gasteiger partial charge in [0.15, 0.2) is 0 Å². The first kappa shape index (κ1) is 16.0. The van der Waals surface area contributed by atoms with Crippen molar-refractivity contribution in [2.75, 3.05) is 7.11 Å². The molecule has 4 aromatic rings. The fraction of sp³-hybridized carbons (Fsp3) is 0.0952. The quantitative estimate of drug-likeness (QED) is 0.571. The van der Waals surface area contributed by atoms with E-state index in [-0.39, 0.29) is 5.69 Å². The second kappa shape index (κ2) is 6.80. The van der Waals surface area contributed by atoms with Crippen LogP contribution in [0.5, 0.6) is 11.5 Å². The molecule has 0 saturated heterocycles. The number of methoxy groups -OCH3 is 1. The van der Waals surface area contributed by atoms with Crippen LogP contribution in [-0.4, -0.2) is 17.1 Å². The topological polar surface area (TPSA) is 67.1 Å². The maximum atomic E-state index is 11.5. The minimum Gasteiger partial charge on any atom is -0.496 e. The zero-order chi connectivity index (χ0) is 17.9. The molecule has 26 heavy (non-hydrogen) atoms. The maximum Gasteiger partial charge on any atom is 0.323 e. The molecule has 2 N–H and O–H groups in total. The monoisotopic (exact) mass is 346 g/mol. The Hall–Kier alpha value is -3.47. The Balaban J connectivity index is 1.76. The van der Waals surface area contributed by atoms with E-state index < -0.39 is 0 Å². The SMILES string of the molecule is COc1cccc(OCc2ccccc2)c1-c1ccc2[nH]c(=O)[nH]c2c1. The Morgan fingerprint density at radius 1 is 0.846 bits per heavy atom. The molecule has 4 rings (SSSR count). The van der Waals surface area contributed by atoms with Gasteiger partial charge in [-0.25, -0.2) is 4.79 Å². The average Bonchev–Trinajstić information content (AvgIpc) is 3.06. The van der Waals surface area contributed by atoms with Gasteiger partial charge in [-0.2, -0.15) is 0 Å². The van der Waals surface area contributed by atoms with Gasteiger partial charge in [0.2, 0.25) is 0 Å². The van der Waals surface area contributed by atoms with Crippen LogP contribution in [0, 0.1) is 0 Å². The van der Waals surface area contributed by atoms with Gasteiger partial charge < -0.3 is 19.4 Å². The molecule has 0 bridgehead atoms. The van der Waals surface area contributed by atoms with Crippen molar-refractivity contribution in [3.05, 3.63) is 82.8 Å². The van der Waals surface area contributed by atoms with Crippen molar-refractivity contribution in [3.8, 4) is 22.6 Å². The largest absolute Gasteiger partial charge is 0.496 e. The van der Waals surface area contributed by atoms with E-state index in [1.54, 1.807) is 7.11 Å². The minimum absolute atomic E-state index is 0.224. The standard InChI is InChI=1S/C21H18N2O3/c1-25-18-8-5-9-19(26-13-14-6-3-2-4-7-14)20(18)15-10-11-16-17(12-15)23-21(24)22-16/h2-12H,13H2,1H3,(H2,22,23,24). The van der Waals surface area contributed by atoms with Crippen LogP contribution < -0.4 is 15.2 Å². The fourth-order valence-corrected chi connectivity index (χ4v) is 3.01. The number of H-pyrrole nitrogens is 2. The van der Waals surface area contributed by atoms with E-state index in [4.69, 9.17) is 9.47 Å². The highest BCUT2D eigenvalue weighted by atomic mass is 16.5. The van der Waals surface area contributed by atoms with Crippen LogP contribution in [0.1, 0.15) is 5.56 Å². The number of benzene rings is 3. The van der Waals surface area contributed by atoms with Gasteiger partial charge in [0.1, 0.15) is 18.1 Å². The van der Waals surface area contributed by atoms with Crippen molar-refractivity contribution in [1.82, 2.24) is 9.97 Å². The van der Waals surface area contributed by atoms with Crippen LogP contribution in [-0.2, 0) is 6.61 Å². The molecule has 1 aromatic heterocycles. The molecule has 0 radical (unpaired) electrons. The highest BCUT2D eigenvalue weighted by molar-refractivity contribution is 5.85. The van der Waals surface area contributed by atoms with Crippen LogP contribution in [0.15, 0.2) is 71.5 Å². The first-order chi connectivity index (χ1) is 12.7. The van der Waals surface area contributed by atoms with Crippen LogP contribution >= 0.6 is 0 Å². The summed E-state index contributed by atoms with van der Waals surface area (Å²) in [4.78, 5) is 17.1. The van der Waals surface area contributed by atoms with E-state index in [1.807, 2.05) is 66.7 Å². The van der Waals surface area contributed by atoms with E-state index in [0.717, 1.165) is 33.5 Å². The first-order valence-electron chi connectivity index (χ1n) is 8.31. The van der Waals surface area contributed by atoms with Gasteiger partial charge in [0.05, 0.1) is 23.7 Å². The molecule has 5 nitrogen and oxygen atoms in total. The molecular weight excluding hydrogens is 328 g/mol. The summed E-state index contributed by atoms with van der Waals surface area (Å²) >= 11 is 0. The summed E-state index contributed by atoms with van der Waals surface area (Å²) in [6.07, 6.45) is 0. The molecule has 0 aliphatic heterocycles. The third kappa shape index (κ3) is 3.07. The zero-order valence-electron chi connectivity index (χ0n) is 14.3. The lowest BCUT2D eigenvalue weighted by Gasteiger charge is -2.15. The van der Waals surface area contributed by atoms with Crippen molar-refractivity contribution >= 4 is 11.0 Å². The molecule has 0 fully saturated rings. The summed E-state index contributed by atoms with van der Waals surface area (Å²) in [5.41, 5.74) is 4.14. The summed E-state index contributed by atoms with van der Waals surface area (Å²) < 4.78 is 11.6. The van der Waals surface area contributed by atoms with E-state index in [9.17, 15) is 4.79 Å². The third-order valence-electron chi connectivity index (χ3n) is 4.25. The number of imidazole rings is 1. The molecule has 0 aliphatic carbocycles. The van der Waals surface area contributed by atoms with Gasteiger partial charge in [-0.05, 0) is 35.4 Å². The molecule has 1 heterocycles. The zero-order valence-corrected chi connectivity index (χ0v) is 14.3. The van der Waals surface area contributed by atoms with Crippen molar-refractivity contribution < 1.29 is 9.47 Å². The van der Waals surface area contributed by atoms with E-state index in [2.05, 4.69) is 9.97 Å². The highest BCUT2D eigenvalue weighted by Crippen LogP contribution is 2.39. The lowest BCUT2D eigenvalue weighted by Crippen LogP contribution is -1.99. The maximum absolute atomic E-state index is 11.5. The number of fused-ring (bicyclic) bond motifs is 1. The van der Waals surface area contributed by atoms with Crippen LogP contribution in [0.3, 0.4) is 0 Å². The summed E-state index contributed by atoms with van der Waals surface area (Å²) in [6.45, 7) is 0.463. The number of hydrogen-bond acceptors (Lipinski definition) is 3. The number of nitrogens with one attached hydrogen (secondary N) is 2. The highest BCUT2D eigenvalue weighted by Gasteiger charge is 2.14. The normalized spacial score (nSPS) is 10.8. The van der Waals surface area contributed by atoms with E-state index in [0.29, 0.717) is 12.4 Å². The van der Waals surface area contributed by atoms with Crippen molar-refractivity contribution in [2.24, 2.45) is 0 Å². The van der Waals surface area contributed by atoms with Gasteiger partial charge in [-0.1, -0.05) is 42.5 Å². The third-order valence-corrected chi connectivity index (χ3v) is 4.25. The Morgan fingerprint density at radius 2 is 1.62 bits per heavy atom. The molecule has 0 spiro atoms. The van der Waals surface area contributed by atoms with Gasteiger partial charge in [0.25, 0.3) is 0 Å². The molecule has 0 unspecified atom stereocenters. The van der Waals surface area contributed by atoms with Gasteiger partial charge in [0, 0.05) is 0 Å². The lowest BCUT2D eigenvalue weighted by molar-refractivity contribution is 0.305. The Labute approximate surface area is 150 Å². The Kier molecular flexibility index (Phi) is 4.19. The van der Waals surface area contributed by atoms with Gasteiger partial charge in [-0.15, -0.1) is 0 Å². The molecule has 3 aromatic carbocycles. The minimum atomic E-state index is -0.224. The van der Waals surface area contributed by atoms with Gasteiger partial charge in [-0.3, -0.25) is 0 Å². The number of rotatable bonds is 5. The summed E-state index contributed by atoms with van der Waals surface area (Å²) in [6, 6.07) is 21.5. The predicted octanol–water partition coefficient (Wildman–Crippen LogP) is 4.11. The molecule has 0 saturated carbocycles. The smallest absolute Gasteiger partial charge is 0.323 e. The second-order valence-corrected chi connectivity index (χ2v) is 5.95. The number of aromatic amines is 2. The van der Waals surface area contributed by atoms with Crippen LogP contribution in [0.25, 0.3) is 22.2 Å². The van der Waals surface area contributed by atoms with E-state index >= 15 is 0 Å². The molecule has 0 atom stereocenters. The first-order valence-corrected chi connectivity index (χ1v) is 8.31. The van der Waals surface area contributed by atoms with Crippen molar-refractivity contribution in [2.45, 2.75) is 6.61 Å². The van der Waals surface area contributed by atoms with Gasteiger partial charge >= 0.3 is 5.69 Å². The number of hydrogen-bond donors (Lipinski definition) is 2. The summed E-state index contributed by atoms with van der Waals surface area (Å²) in [5.74, 6) is 1.44. The Bertz CT molecular complexity index is 1100. The molecule has 0 aliphatic rings. The van der Waals surface area contributed by atoms with Crippen LogP contribution in [0.2, 0.25) is 0 Å². The fourth-order valence-electron chi connectivity index (χ4n) is 3.01. The van der Waals surface area contributed by atoms with Crippen molar-refractivity contribution in [1.29, 1.82) is 0 Å². The second-order valence-electron chi connectivity index (χ2n) is 5.95. The van der Waals surface area contributed by atoms with Crippen molar-refractivity contribution in [3.63, 3.8) is 0 Å². The predicted molar refractivity (Wildman–Crippen MR) is 102 cm³/mol.